The van der Waals surface area contributed by atoms with Crippen LogP contribution < -0.4 is 5.73 Å². The molecule has 1 atom stereocenters. The molecule has 0 aliphatic heterocycles. The third kappa shape index (κ3) is 3.93. The average Bonchev–Trinajstić information content (AvgIpc) is 2.72. The maximum absolute atomic E-state index is 11.0. The first-order valence-corrected chi connectivity index (χ1v) is 4.16. The third-order valence-electron chi connectivity index (χ3n) is 1.87. The molecule has 0 aromatic rings. The molecule has 0 aromatic heterocycles. The quantitative estimate of drug-likeness (QED) is 0.681. The summed E-state index contributed by atoms with van der Waals surface area (Å²) in [4.78, 5) is 11.0. The number of esters is 1. The van der Waals surface area contributed by atoms with Gasteiger partial charge in [0.2, 0.25) is 0 Å². The minimum Gasteiger partial charge on any atom is -0.465 e. The van der Waals surface area contributed by atoms with Crippen molar-refractivity contribution in [2.45, 2.75) is 32.2 Å². The van der Waals surface area contributed by atoms with E-state index in [1.807, 2.05) is 0 Å². The molecule has 3 nitrogen and oxygen atoms in total. The number of hydrogen-bond acceptors (Lipinski definition) is 3. The Kier molecular flexibility index (Phi) is 5.25. The molecule has 1 aliphatic rings. The minimum atomic E-state index is -0.387. The lowest BCUT2D eigenvalue weighted by Gasteiger charge is -2.08. The van der Waals surface area contributed by atoms with Gasteiger partial charge in [0.15, 0.2) is 0 Å². The van der Waals surface area contributed by atoms with Gasteiger partial charge in [-0.25, -0.2) is 0 Å². The fourth-order valence-corrected chi connectivity index (χ4v) is 1.06. The molecule has 2 N–H and O–H groups in total. The van der Waals surface area contributed by atoms with Gasteiger partial charge in [-0.15, -0.1) is 12.4 Å². The fraction of sp³-hybridized carbons (Fsp3) is 0.875. The highest BCUT2D eigenvalue weighted by atomic mass is 35.5. The Bertz CT molecular complexity index is 148. The van der Waals surface area contributed by atoms with Gasteiger partial charge in [-0.1, -0.05) is 12.8 Å². The van der Waals surface area contributed by atoms with Crippen LogP contribution in [0.25, 0.3) is 0 Å². The predicted molar refractivity (Wildman–Crippen MR) is 49.2 cm³/mol. The molecule has 0 heterocycles. The van der Waals surface area contributed by atoms with Crippen LogP contribution in [0.1, 0.15) is 26.2 Å². The Hall–Kier alpha value is -0.280. The molecule has 12 heavy (non-hydrogen) atoms. The second kappa shape index (κ2) is 5.38. The number of ether oxygens (including phenoxy) is 1. The molecule has 1 rings (SSSR count). The van der Waals surface area contributed by atoms with E-state index < -0.39 is 0 Å². The molecule has 1 fully saturated rings. The van der Waals surface area contributed by atoms with Crippen LogP contribution in [0.4, 0.5) is 0 Å². The van der Waals surface area contributed by atoms with E-state index in [1.165, 1.54) is 12.8 Å². The lowest BCUT2D eigenvalue weighted by atomic mass is 10.1. The lowest BCUT2D eigenvalue weighted by molar-refractivity contribution is -0.144. The van der Waals surface area contributed by atoms with Crippen molar-refractivity contribution in [1.82, 2.24) is 0 Å². The largest absolute Gasteiger partial charge is 0.465 e. The molecular formula is C8H16ClNO2. The van der Waals surface area contributed by atoms with Crippen LogP contribution in [0.3, 0.4) is 0 Å². The predicted octanol–water partition coefficient (Wildman–Crippen LogP) is 1.10. The molecule has 1 saturated carbocycles. The number of nitrogens with two attached hydrogens (primary N) is 1. The summed E-state index contributed by atoms with van der Waals surface area (Å²) in [6.45, 7) is 2.22. The number of hydrogen-bond donors (Lipinski definition) is 1. The zero-order valence-corrected chi connectivity index (χ0v) is 8.10. The smallest absolute Gasteiger partial charge is 0.322 e. The average molecular weight is 194 g/mol. The highest BCUT2D eigenvalue weighted by Gasteiger charge is 2.27. The molecule has 0 saturated heterocycles. The Morgan fingerprint density at radius 1 is 1.67 bits per heavy atom. The van der Waals surface area contributed by atoms with Crippen molar-refractivity contribution in [3.63, 3.8) is 0 Å². The highest BCUT2D eigenvalue weighted by Crippen LogP contribution is 2.33. The van der Waals surface area contributed by atoms with Crippen molar-refractivity contribution in [3.05, 3.63) is 0 Å². The molecular weight excluding hydrogens is 178 g/mol. The van der Waals surface area contributed by atoms with E-state index in [4.69, 9.17) is 10.5 Å². The van der Waals surface area contributed by atoms with Gasteiger partial charge in [0.1, 0.15) is 6.04 Å². The molecule has 0 radical (unpaired) electrons. The van der Waals surface area contributed by atoms with E-state index >= 15 is 0 Å². The maximum atomic E-state index is 11.0. The van der Waals surface area contributed by atoms with Gasteiger partial charge in [-0.05, 0) is 19.3 Å². The topological polar surface area (TPSA) is 52.3 Å². The number of rotatable bonds is 4. The van der Waals surface area contributed by atoms with E-state index in [0.29, 0.717) is 12.5 Å². The van der Waals surface area contributed by atoms with Gasteiger partial charge in [0.25, 0.3) is 0 Å². The summed E-state index contributed by atoms with van der Waals surface area (Å²) in [7, 11) is 0. The van der Waals surface area contributed by atoms with Crippen LogP contribution >= 0.6 is 12.4 Å². The monoisotopic (exact) mass is 193 g/mol. The van der Waals surface area contributed by atoms with Crippen molar-refractivity contribution in [2.24, 2.45) is 11.7 Å². The molecule has 0 spiro atoms. The van der Waals surface area contributed by atoms with Gasteiger partial charge in [-0.3, -0.25) is 4.79 Å². The molecule has 0 aromatic carbocycles. The van der Waals surface area contributed by atoms with Crippen molar-refractivity contribution in [2.75, 3.05) is 6.61 Å². The maximum Gasteiger partial charge on any atom is 0.322 e. The normalized spacial score (nSPS) is 17.8. The lowest BCUT2D eigenvalue weighted by Crippen LogP contribution is -2.32. The van der Waals surface area contributed by atoms with Crippen LogP contribution in [-0.4, -0.2) is 18.6 Å². The number of carbonyl (C=O) groups is 1. The fourth-order valence-electron chi connectivity index (χ4n) is 1.06. The standard InChI is InChI=1S/C8H15NO2.ClH/c1-2-11-8(10)7(9)5-6-3-4-6;/h6-7H,2-5,9H2,1H3;1H/t7-;/m1./s1. The third-order valence-corrected chi connectivity index (χ3v) is 1.87. The summed E-state index contributed by atoms with van der Waals surface area (Å²) in [6.07, 6.45) is 3.26. The number of halogens is 1. The second-order valence-corrected chi connectivity index (χ2v) is 3.04. The minimum absolute atomic E-state index is 0. The molecule has 72 valence electrons. The van der Waals surface area contributed by atoms with Crippen LogP contribution in [0, 0.1) is 5.92 Å². The van der Waals surface area contributed by atoms with Gasteiger partial charge < -0.3 is 10.5 Å². The molecule has 0 unspecified atom stereocenters. The molecule has 4 heteroatoms. The van der Waals surface area contributed by atoms with Gasteiger partial charge in [-0.2, -0.15) is 0 Å². The Labute approximate surface area is 79.1 Å². The first-order valence-electron chi connectivity index (χ1n) is 4.16. The van der Waals surface area contributed by atoms with Gasteiger partial charge in [0.05, 0.1) is 6.61 Å². The van der Waals surface area contributed by atoms with Crippen molar-refractivity contribution in [1.29, 1.82) is 0 Å². The Balaban J connectivity index is 0.00000121. The number of carbonyl (C=O) groups excluding carboxylic acids is 1. The first kappa shape index (κ1) is 11.7. The second-order valence-electron chi connectivity index (χ2n) is 3.04. The van der Waals surface area contributed by atoms with Crippen LogP contribution in [0.5, 0.6) is 0 Å². The van der Waals surface area contributed by atoms with Crippen molar-refractivity contribution >= 4 is 18.4 Å². The molecule has 0 amide bonds. The van der Waals surface area contributed by atoms with E-state index in [0.717, 1.165) is 6.42 Å². The Morgan fingerprint density at radius 2 is 2.25 bits per heavy atom. The summed E-state index contributed by atoms with van der Waals surface area (Å²) in [5.74, 6) is 0.439. The Morgan fingerprint density at radius 3 is 2.67 bits per heavy atom. The van der Waals surface area contributed by atoms with E-state index in [1.54, 1.807) is 6.92 Å². The summed E-state index contributed by atoms with van der Waals surface area (Å²) < 4.78 is 4.77. The van der Waals surface area contributed by atoms with Crippen LogP contribution in [0.2, 0.25) is 0 Å². The van der Waals surface area contributed by atoms with E-state index in [2.05, 4.69) is 0 Å². The van der Waals surface area contributed by atoms with Crippen molar-refractivity contribution in [3.8, 4) is 0 Å². The van der Waals surface area contributed by atoms with Crippen LogP contribution in [0.15, 0.2) is 0 Å². The highest BCUT2D eigenvalue weighted by molar-refractivity contribution is 5.85. The van der Waals surface area contributed by atoms with Crippen molar-refractivity contribution < 1.29 is 9.53 Å². The van der Waals surface area contributed by atoms with Gasteiger partial charge in [0, 0.05) is 0 Å². The molecule has 0 bridgehead atoms. The first-order chi connectivity index (χ1) is 5.24. The zero-order valence-electron chi connectivity index (χ0n) is 7.29. The molecule has 1 aliphatic carbocycles. The summed E-state index contributed by atoms with van der Waals surface area (Å²) >= 11 is 0. The summed E-state index contributed by atoms with van der Waals surface area (Å²) in [5.41, 5.74) is 5.57. The summed E-state index contributed by atoms with van der Waals surface area (Å²) in [6, 6.07) is -0.387. The van der Waals surface area contributed by atoms with Gasteiger partial charge >= 0.3 is 5.97 Å². The van der Waals surface area contributed by atoms with E-state index in [-0.39, 0.29) is 24.4 Å². The van der Waals surface area contributed by atoms with Crippen LogP contribution in [-0.2, 0) is 9.53 Å². The van der Waals surface area contributed by atoms with E-state index in [9.17, 15) is 4.79 Å². The zero-order chi connectivity index (χ0) is 8.27. The SMILES string of the molecule is CCOC(=O)[C@H](N)CC1CC1.Cl. The summed E-state index contributed by atoms with van der Waals surface area (Å²) in [5, 5.41) is 0.